The van der Waals surface area contributed by atoms with Crippen molar-refractivity contribution in [1.82, 2.24) is 14.2 Å². The van der Waals surface area contributed by atoms with Crippen LogP contribution in [0.15, 0.2) is 12.4 Å². The molecule has 14 heavy (non-hydrogen) atoms. The van der Waals surface area contributed by atoms with Gasteiger partial charge in [0.1, 0.15) is 11.6 Å². The zero-order valence-corrected chi connectivity index (χ0v) is 7.94. The second-order valence-electron chi connectivity index (χ2n) is 3.82. The van der Waals surface area contributed by atoms with E-state index in [1.54, 1.807) is 4.52 Å². The van der Waals surface area contributed by atoms with Crippen LogP contribution in [0.5, 0.6) is 0 Å². The molecule has 1 fully saturated rings. The second kappa shape index (κ2) is 2.38. The zero-order valence-electron chi connectivity index (χ0n) is 7.94. The van der Waals surface area contributed by atoms with Gasteiger partial charge in [0.25, 0.3) is 0 Å². The molecule has 0 saturated heterocycles. The highest BCUT2D eigenvalue weighted by Gasteiger charge is 2.30. The zero-order chi connectivity index (χ0) is 9.71. The van der Waals surface area contributed by atoms with Crippen molar-refractivity contribution in [3.05, 3.63) is 23.7 Å². The molecular formula is C10H10N4. The van der Waals surface area contributed by atoms with E-state index in [0.29, 0.717) is 5.92 Å². The van der Waals surface area contributed by atoms with Crippen molar-refractivity contribution in [3.8, 4) is 6.07 Å². The van der Waals surface area contributed by atoms with Crippen LogP contribution in [0.25, 0.3) is 5.65 Å². The van der Waals surface area contributed by atoms with Gasteiger partial charge in [-0.3, -0.25) is 0 Å². The van der Waals surface area contributed by atoms with E-state index in [-0.39, 0.29) is 0 Å². The average molecular weight is 186 g/mol. The summed E-state index contributed by atoms with van der Waals surface area (Å²) >= 11 is 0. The number of nitriles is 1. The van der Waals surface area contributed by atoms with E-state index < -0.39 is 0 Å². The van der Waals surface area contributed by atoms with E-state index >= 15 is 0 Å². The first-order chi connectivity index (χ1) is 6.81. The molecule has 0 amide bonds. The molecule has 4 nitrogen and oxygen atoms in total. The Morgan fingerprint density at radius 3 is 2.93 bits per heavy atom. The first-order valence-corrected chi connectivity index (χ1v) is 4.75. The predicted molar refractivity (Wildman–Crippen MR) is 50.9 cm³/mol. The molecule has 0 unspecified atom stereocenters. The standard InChI is InChI=1S/C10H10N4/c1-13-4-5-14-10(13)8(6-11)9(12-14)7-2-3-7/h4-5,7H,2-3H2,1H3. The molecule has 2 aromatic rings. The third kappa shape index (κ3) is 0.841. The van der Waals surface area contributed by atoms with Crippen molar-refractivity contribution in [1.29, 1.82) is 5.26 Å². The summed E-state index contributed by atoms with van der Waals surface area (Å²) in [5.41, 5.74) is 2.65. The molecule has 1 aliphatic rings. The van der Waals surface area contributed by atoms with Crippen LogP contribution >= 0.6 is 0 Å². The molecule has 0 radical (unpaired) electrons. The third-order valence-corrected chi connectivity index (χ3v) is 2.75. The molecule has 2 heterocycles. The molecule has 3 rings (SSSR count). The van der Waals surface area contributed by atoms with Gasteiger partial charge < -0.3 is 4.57 Å². The Labute approximate surface area is 81.4 Å². The fourth-order valence-corrected chi connectivity index (χ4v) is 1.87. The highest BCUT2D eigenvalue weighted by Crippen LogP contribution is 2.41. The van der Waals surface area contributed by atoms with E-state index in [0.717, 1.165) is 16.9 Å². The van der Waals surface area contributed by atoms with Gasteiger partial charge in [-0.15, -0.1) is 0 Å². The Morgan fingerprint density at radius 1 is 1.50 bits per heavy atom. The Bertz CT molecular complexity index is 536. The van der Waals surface area contributed by atoms with Crippen LogP contribution < -0.4 is 0 Å². The van der Waals surface area contributed by atoms with Gasteiger partial charge in [0.2, 0.25) is 0 Å². The minimum absolute atomic E-state index is 0.532. The summed E-state index contributed by atoms with van der Waals surface area (Å²) < 4.78 is 3.74. The summed E-state index contributed by atoms with van der Waals surface area (Å²) in [6, 6.07) is 2.26. The Hall–Kier alpha value is -1.76. The summed E-state index contributed by atoms with van der Waals surface area (Å²) in [5, 5.41) is 13.5. The van der Waals surface area contributed by atoms with Crippen molar-refractivity contribution >= 4 is 5.65 Å². The van der Waals surface area contributed by atoms with Gasteiger partial charge in [-0.2, -0.15) is 10.4 Å². The summed E-state index contributed by atoms with van der Waals surface area (Å²) in [5.74, 6) is 0.532. The molecule has 0 N–H and O–H groups in total. The Morgan fingerprint density at radius 2 is 2.29 bits per heavy atom. The number of fused-ring (bicyclic) bond motifs is 1. The van der Waals surface area contributed by atoms with Crippen LogP contribution in [0, 0.1) is 11.3 Å². The quantitative estimate of drug-likeness (QED) is 0.676. The lowest BCUT2D eigenvalue weighted by atomic mass is 10.2. The van der Waals surface area contributed by atoms with Crippen LogP contribution in [0.2, 0.25) is 0 Å². The molecule has 1 saturated carbocycles. The van der Waals surface area contributed by atoms with Crippen molar-refractivity contribution in [3.63, 3.8) is 0 Å². The summed E-state index contributed by atoms with van der Waals surface area (Å²) in [4.78, 5) is 0. The van der Waals surface area contributed by atoms with E-state index in [2.05, 4.69) is 11.2 Å². The fourth-order valence-electron chi connectivity index (χ4n) is 1.87. The molecule has 0 aliphatic heterocycles. The number of imidazole rings is 1. The lowest BCUT2D eigenvalue weighted by molar-refractivity contribution is 0.889. The molecule has 0 spiro atoms. The van der Waals surface area contributed by atoms with Gasteiger partial charge in [-0.25, -0.2) is 4.52 Å². The average Bonchev–Trinajstić information content (AvgIpc) is 2.87. The molecule has 0 atom stereocenters. The van der Waals surface area contributed by atoms with Crippen LogP contribution in [0.4, 0.5) is 0 Å². The molecule has 0 bridgehead atoms. The number of aryl methyl sites for hydroxylation is 1. The van der Waals surface area contributed by atoms with E-state index in [4.69, 9.17) is 5.26 Å². The van der Waals surface area contributed by atoms with Crippen molar-refractivity contribution in [2.45, 2.75) is 18.8 Å². The lowest BCUT2D eigenvalue weighted by Crippen LogP contribution is -1.88. The minimum Gasteiger partial charge on any atom is -0.333 e. The largest absolute Gasteiger partial charge is 0.333 e. The first-order valence-electron chi connectivity index (χ1n) is 4.75. The van der Waals surface area contributed by atoms with Gasteiger partial charge in [0.15, 0.2) is 5.65 Å². The minimum atomic E-state index is 0.532. The molecule has 4 heteroatoms. The van der Waals surface area contributed by atoms with Crippen LogP contribution in [0.1, 0.15) is 30.0 Å². The fraction of sp³-hybridized carbons (Fsp3) is 0.400. The summed E-state index contributed by atoms with van der Waals surface area (Å²) in [6.45, 7) is 0. The normalized spacial score (nSPS) is 16.0. The molecular weight excluding hydrogens is 176 g/mol. The highest BCUT2D eigenvalue weighted by atomic mass is 15.3. The number of aromatic nitrogens is 3. The van der Waals surface area contributed by atoms with Crippen LogP contribution in [-0.4, -0.2) is 14.2 Å². The Balaban J connectivity index is 2.36. The van der Waals surface area contributed by atoms with E-state index in [1.165, 1.54) is 12.8 Å². The molecule has 1 aliphatic carbocycles. The smallest absolute Gasteiger partial charge is 0.153 e. The number of hydrogen-bond acceptors (Lipinski definition) is 2. The van der Waals surface area contributed by atoms with Crippen LogP contribution in [0.3, 0.4) is 0 Å². The highest BCUT2D eigenvalue weighted by molar-refractivity contribution is 5.60. The lowest BCUT2D eigenvalue weighted by Gasteiger charge is -1.92. The third-order valence-electron chi connectivity index (χ3n) is 2.75. The van der Waals surface area contributed by atoms with Gasteiger partial charge in [0.05, 0.1) is 5.69 Å². The van der Waals surface area contributed by atoms with Crippen molar-refractivity contribution < 1.29 is 0 Å². The van der Waals surface area contributed by atoms with Crippen molar-refractivity contribution in [2.75, 3.05) is 0 Å². The van der Waals surface area contributed by atoms with Crippen LogP contribution in [-0.2, 0) is 7.05 Å². The molecule has 0 aromatic carbocycles. The SMILES string of the molecule is Cn1ccn2nc(C3CC3)c(C#N)c12. The van der Waals surface area contributed by atoms with Gasteiger partial charge in [-0.1, -0.05) is 0 Å². The van der Waals surface area contributed by atoms with E-state index in [9.17, 15) is 0 Å². The summed E-state index contributed by atoms with van der Waals surface area (Å²) in [6.07, 6.45) is 6.17. The maximum Gasteiger partial charge on any atom is 0.153 e. The predicted octanol–water partition coefficient (Wildman–Crippen LogP) is 1.42. The number of hydrogen-bond donors (Lipinski definition) is 0. The first kappa shape index (κ1) is 7.63. The number of nitrogens with zero attached hydrogens (tertiary/aromatic N) is 4. The molecule has 2 aromatic heterocycles. The monoisotopic (exact) mass is 186 g/mol. The summed E-state index contributed by atoms with van der Waals surface area (Å²) in [7, 11) is 1.94. The van der Waals surface area contributed by atoms with Gasteiger partial charge >= 0.3 is 0 Å². The van der Waals surface area contributed by atoms with E-state index in [1.807, 2.05) is 24.0 Å². The number of rotatable bonds is 1. The Kier molecular flexibility index (Phi) is 1.30. The molecule has 70 valence electrons. The topological polar surface area (TPSA) is 46.0 Å². The van der Waals surface area contributed by atoms with Gasteiger partial charge in [0, 0.05) is 25.4 Å². The van der Waals surface area contributed by atoms with Gasteiger partial charge in [-0.05, 0) is 12.8 Å². The maximum atomic E-state index is 9.11. The maximum absolute atomic E-state index is 9.11. The van der Waals surface area contributed by atoms with Crippen molar-refractivity contribution in [2.24, 2.45) is 7.05 Å². The second-order valence-corrected chi connectivity index (χ2v) is 3.82.